The van der Waals surface area contributed by atoms with Gasteiger partial charge in [-0.25, -0.2) is 4.79 Å². The van der Waals surface area contributed by atoms with Crippen molar-refractivity contribution in [3.8, 4) is 0 Å². The van der Waals surface area contributed by atoms with Crippen LogP contribution in [-0.4, -0.2) is 53.2 Å². The third-order valence-corrected chi connectivity index (χ3v) is 5.55. The Morgan fingerprint density at radius 3 is 2.63 bits per heavy atom. The zero-order chi connectivity index (χ0) is 19.1. The standard InChI is InChI=1S/C21H31N3O3/c25-20(26)12-9-17(14-16-6-2-1-3-7-16)23-21(27)22-15-19-8-4-5-13-24(19)18-10-11-18/h1-3,6-7,17-19H,4-5,8-15H2,(H,25,26)(H2,22,23,27). The first-order valence-electron chi connectivity index (χ1n) is 10.2. The van der Waals surface area contributed by atoms with Gasteiger partial charge in [0.15, 0.2) is 0 Å². The molecule has 1 aromatic rings. The number of piperidine rings is 1. The number of benzene rings is 1. The molecule has 2 unspecified atom stereocenters. The molecule has 1 saturated heterocycles. The van der Waals surface area contributed by atoms with Gasteiger partial charge in [0.05, 0.1) is 0 Å². The molecular formula is C21H31N3O3. The van der Waals surface area contributed by atoms with Gasteiger partial charge in [0.2, 0.25) is 0 Å². The van der Waals surface area contributed by atoms with Crippen molar-refractivity contribution < 1.29 is 14.7 Å². The molecule has 2 atom stereocenters. The average molecular weight is 373 g/mol. The highest BCUT2D eigenvalue weighted by atomic mass is 16.4. The first kappa shape index (κ1) is 19.7. The number of rotatable bonds is 9. The average Bonchev–Trinajstić information content (AvgIpc) is 3.51. The van der Waals surface area contributed by atoms with Gasteiger partial charge in [-0.05, 0) is 50.6 Å². The molecule has 1 saturated carbocycles. The monoisotopic (exact) mass is 373 g/mol. The van der Waals surface area contributed by atoms with E-state index in [1.165, 1.54) is 25.7 Å². The van der Waals surface area contributed by atoms with Crippen LogP contribution < -0.4 is 10.6 Å². The summed E-state index contributed by atoms with van der Waals surface area (Å²) < 4.78 is 0. The van der Waals surface area contributed by atoms with Crippen molar-refractivity contribution in [1.82, 2.24) is 15.5 Å². The second-order valence-corrected chi connectivity index (χ2v) is 7.79. The van der Waals surface area contributed by atoms with E-state index in [9.17, 15) is 9.59 Å². The Kier molecular flexibility index (Phi) is 7.10. The highest BCUT2D eigenvalue weighted by molar-refractivity contribution is 5.74. The van der Waals surface area contributed by atoms with E-state index < -0.39 is 5.97 Å². The van der Waals surface area contributed by atoms with E-state index >= 15 is 0 Å². The summed E-state index contributed by atoms with van der Waals surface area (Å²) in [7, 11) is 0. The fourth-order valence-corrected chi connectivity index (χ4v) is 4.00. The fourth-order valence-electron chi connectivity index (χ4n) is 4.00. The number of hydrogen-bond donors (Lipinski definition) is 3. The summed E-state index contributed by atoms with van der Waals surface area (Å²) in [6.07, 6.45) is 7.32. The molecule has 0 bridgehead atoms. The Bertz CT molecular complexity index is 618. The fraction of sp³-hybridized carbons (Fsp3) is 0.619. The van der Waals surface area contributed by atoms with Gasteiger partial charge in [0, 0.05) is 31.1 Å². The van der Waals surface area contributed by atoms with Gasteiger partial charge in [0.1, 0.15) is 0 Å². The maximum Gasteiger partial charge on any atom is 0.315 e. The van der Waals surface area contributed by atoms with Crippen LogP contribution in [0.2, 0.25) is 0 Å². The van der Waals surface area contributed by atoms with Crippen molar-refractivity contribution in [3.05, 3.63) is 35.9 Å². The summed E-state index contributed by atoms with van der Waals surface area (Å²) in [5.74, 6) is -0.836. The van der Waals surface area contributed by atoms with Gasteiger partial charge in [-0.3, -0.25) is 9.69 Å². The Balaban J connectivity index is 1.49. The molecule has 2 fully saturated rings. The lowest BCUT2D eigenvalue weighted by Crippen LogP contribution is -2.51. The molecule has 0 radical (unpaired) electrons. The number of carbonyl (C=O) groups excluding carboxylic acids is 1. The number of carboxylic acids is 1. The lowest BCUT2D eigenvalue weighted by Gasteiger charge is -2.36. The minimum Gasteiger partial charge on any atom is -0.481 e. The second-order valence-electron chi connectivity index (χ2n) is 7.79. The molecule has 1 aliphatic heterocycles. The number of aliphatic carboxylic acids is 1. The van der Waals surface area contributed by atoms with Crippen LogP contribution in [0.25, 0.3) is 0 Å². The van der Waals surface area contributed by atoms with E-state index in [0.29, 0.717) is 25.4 Å². The van der Waals surface area contributed by atoms with Crippen LogP contribution >= 0.6 is 0 Å². The summed E-state index contributed by atoms with van der Waals surface area (Å²) >= 11 is 0. The number of nitrogens with zero attached hydrogens (tertiary/aromatic N) is 1. The van der Waals surface area contributed by atoms with Crippen molar-refractivity contribution in [2.75, 3.05) is 13.1 Å². The summed E-state index contributed by atoms with van der Waals surface area (Å²) in [6, 6.07) is 10.7. The molecule has 6 heteroatoms. The Morgan fingerprint density at radius 2 is 1.93 bits per heavy atom. The molecule has 27 heavy (non-hydrogen) atoms. The molecule has 3 N–H and O–H groups in total. The predicted molar refractivity (Wildman–Crippen MR) is 105 cm³/mol. The van der Waals surface area contributed by atoms with Gasteiger partial charge in [-0.2, -0.15) is 0 Å². The number of carboxylic acid groups (broad SMARTS) is 1. The second kappa shape index (κ2) is 9.74. The first-order chi connectivity index (χ1) is 13.1. The third-order valence-electron chi connectivity index (χ3n) is 5.55. The first-order valence-corrected chi connectivity index (χ1v) is 10.2. The quantitative estimate of drug-likeness (QED) is 0.622. The molecule has 0 spiro atoms. The van der Waals surface area contributed by atoms with Crippen LogP contribution in [0.15, 0.2) is 30.3 Å². The molecule has 2 aliphatic rings. The van der Waals surface area contributed by atoms with E-state index in [2.05, 4.69) is 15.5 Å². The van der Waals surface area contributed by atoms with Gasteiger partial charge in [-0.15, -0.1) is 0 Å². The molecule has 1 aromatic carbocycles. The van der Waals surface area contributed by atoms with E-state index in [0.717, 1.165) is 24.6 Å². The van der Waals surface area contributed by atoms with Crippen LogP contribution in [0.4, 0.5) is 4.79 Å². The molecule has 0 aromatic heterocycles. The van der Waals surface area contributed by atoms with Crippen LogP contribution in [0.3, 0.4) is 0 Å². The normalized spacial score (nSPS) is 21.4. The lowest BCUT2D eigenvalue weighted by atomic mass is 10.0. The van der Waals surface area contributed by atoms with Crippen LogP contribution in [-0.2, 0) is 11.2 Å². The number of likely N-dealkylation sites (tertiary alicyclic amines) is 1. The number of hydrogen-bond acceptors (Lipinski definition) is 3. The molecule has 3 rings (SSSR count). The van der Waals surface area contributed by atoms with Crippen LogP contribution in [0, 0.1) is 0 Å². The number of urea groups is 1. The SMILES string of the molecule is O=C(O)CCC(Cc1ccccc1)NC(=O)NCC1CCCCN1C1CC1. The summed E-state index contributed by atoms with van der Waals surface area (Å²) in [5, 5.41) is 15.0. The van der Waals surface area contributed by atoms with Gasteiger partial charge < -0.3 is 15.7 Å². The highest BCUT2D eigenvalue weighted by Gasteiger charge is 2.35. The van der Waals surface area contributed by atoms with E-state index in [1.807, 2.05) is 30.3 Å². The minimum absolute atomic E-state index is 0.0515. The molecular weight excluding hydrogens is 342 g/mol. The Hall–Kier alpha value is -2.08. The zero-order valence-corrected chi connectivity index (χ0v) is 15.9. The molecule has 1 heterocycles. The maximum absolute atomic E-state index is 12.4. The highest BCUT2D eigenvalue weighted by Crippen LogP contribution is 2.32. The number of carbonyl (C=O) groups is 2. The minimum atomic E-state index is -0.836. The maximum atomic E-state index is 12.4. The zero-order valence-electron chi connectivity index (χ0n) is 15.9. The largest absolute Gasteiger partial charge is 0.481 e. The lowest BCUT2D eigenvalue weighted by molar-refractivity contribution is -0.137. The van der Waals surface area contributed by atoms with Crippen molar-refractivity contribution >= 4 is 12.0 Å². The van der Waals surface area contributed by atoms with Crippen molar-refractivity contribution in [3.63, 3.8) is 0 Å². The smallest absolute Gasteiger partial charge is 0.315 e. The van der Waals surface area contributed by atoms with Crippen molar-refractivity contribution in [1.29, 1.82) is 0 Å². The van der Waals surface area contributed by atoms with Gasteiger partial charge >= 0.3 is 12.0 Å². The Labute approximate surface area is 161 Å². The molecule has 2 amide bonds. The summed E-state index contributed by atoms with van der Waals surface area (Å²) in [5.41, 5.74) is 1.10. The van der Waals surface area contributed by atoms with E-state index in [1.54, 1.807) is 0 Å². The molecule has 6 nitrogen and oxygen atoms in total. The van der Waals surface area contributed by atoms with Crippen LogP contribution in [0.1, 0.15) is 50.5 Å². The van der Waals surface area contributed by atoms with Gasteiger partial charge in [-0.1, -0.05) is 36.8 Å². The van der Waals surface area contributed by atoms with Crippen molar-refractivity contribution in [2.45, 2.75) is 69.5 Å². The third kappa shape index (κ3) is 6.54. The Morgan fingerprint density at radius 1 is 1.15 bits per heavy atom. The number of nitrogens with one attached hydrogen (secondary N) is 2. The van der Waals surface area contributed by atoms with E-state index in [-0.39, 0.29) is 18.5 Å². The summed E-state index contributed by atoms with van der Waals surface area (Å²) in [6.45, 7) is 1.81. The van der Waals surface area contributed by atoms with Gasteiger partial charge in [0.25, 0.3) is 0 Å². The topological polar surface area (TPSA) is 81.7 Å². The molecule has 1 aliphatic carbocycles. The summed E-state index contributed by atoms with van der Waals surface area (Å²) in [4.78, 5) is 25.9. The van der Waals surface area contributed by atoms with Crippen LogP contribution in [0.5, 0.6) is 0 Å². The van der Waals surface area contributed by atoms with Crippen molar-refractivity contribution in [2.24, 2.45) is 0 Å². The van der Waals surface area contributed by atoms with E-state index in [4.69, 9.17) is 5.11 Å². The number of amides is 2. The molecule has 148 valence electrons. The predicted octanol–water partition coefficient (Wildman–Crippen LogP) is 2.78.